The van der Waals surface area contributed by atoms with Crippen LogP contribution in [0.1, 0.15) is 21.6 Å². The minimum atomic E-state index is -0.0718. The molecule has 0 spiro atoms. The molecule has 0 saturated heterocycles. The third-order valence-corrected chi connectivity index (χ3v) is 6.02. The van der Waals surface area contributed by atoms with Gasteiger partial charge in [-0.15, -0.1) is 0 Å². The molecule has 0 N–H and O–H groups in total. The van der Waals surface area contributed by atoms with Crippen LogP contribution >= 0.6 is 0 Å². The van der Waals surface area contributed by atoms with E-state index in [1.807, 2.05) is 59.2 Å². The predicted octanol–water partition coefficient (Wildman–Crippen LogP) is 5.03. The van der Waals surface area contributed by atoms with Crippen molar-refractivity contribution >= 4 is 5.78 Å². The number of aryl methyl sites for hydroxylation is 1. The van der Waals surface area contributed by atoms with E-state index >= 15 is 0 Å². The highest BCUT2D eigenvalue weighted by molar-refractivity contribution is 6.12. The second-order valence-electron chi connectivity index (χ2n) is 7.80. The monoisotopic (exact) mass is 440 g/mol. The first kappa shape index (κ1) is 20.8. The molecule has 3 aromatic carbocycles. The Morgan fingerprint density at radius 1 is 0.879 bits per heavy atom. The summed E-state index contributed by atoms with van der Waals surface area (Å²) in [6.45, 7) is 0.678. The van der Waals surface area contributed by atoms with Gasteiger partial charge in [-0.05, 0) is 24.1 Å². The molecule has 33 heavy (non-hydrogen) atoms. The lowest BCUT2D eigenvalue weighted by Crippen LogP contribution is -2.17. The van der Waals surface area contributed by atoms with Crippen molar-refractivity contribution in [2.75, 3.05) is 21.3 Å². The van der Waals surface area contributed by atoms with E-state index in [-0.39, 0.29) is 5.78 Å². The quantitative estimate of drug-likeness (QED) is 0.394. The van der Waals surface area contributed by atoms with Gasteiger partial charge < -0.3 is 18.8 Å². The number of methoxy groups -OCH3 is 3. The summed E-state index contributed by atoms with van der Waals surface area (Å²) in [7, 11) is 4.72. The molecule has 166 valence electrons. The van der Waals surface area contributed by atoms with Crippen molar-refractivity contribution < 1.29 is 19.0 Å². The van der Waals surface area contributed by atoms with Crippen molar-refractivity contribution in [2.45, 2.75) is 13.0 Å². The van der Waals surface area contributed by atoms with Crippen LogP contribution < -0.4 is 14.2 Å². The van der Waals surface area contributed by atoms with E-state index in [9.17, 15) is 4.79 Å². The van der Waals surface area contributed by atoms with Crippen LogP contribution in [0, 0.1) is 0 Å². The van der Waals surface area contributed by atoms with Crippen molar-refractivity contribution in [3.05, 3.63) is 83.6 Å². The van der Waals surface area contributed by atoms with Crippen LogP contribution in [0.2, 0.25) is 0 Å². The smallest absolute Gasteiger partial charge is 0.211 e. The summed E-state index contributed by atoms with van der Waals surface area (Å²) in [5, 5.41) is 0. The first-order valence-electron chi connectivity index (χ1n) is 10.7. The Kier molecular flexibility index (Phi) is 5.34. The van der Waals surface area contributed by atoms with Gasteiger partial charge in [-0.1, -0.05) is 54.6 Å². The molecule has 0 amide bonds. The number of carbonyl (C=O) groups is 1. The molecule has 4 aromatic rings. The van der Waals surface area contributed by atoms with Crippen LogP contribution in [0.5, 0.6) is 17.2 Å². The molecule has 0 aliphatic carbocycles. The Bertz CT molecular complexity index is 1320. The molecular weight excluding hydrogens is 416 g/mol. The van der Waals surface area contributed by atoms with Gasteiger partial charge in [-0.2, -0.15) is 0 Å². The number of nitrogens with zero attached hydrogens (tertiary/aromatic N) is 2. The van der Waals surface area contributed by atoms with Crippen molar-refractivity contribution in [1.82, 2.24) is 9.55 Å². The van der Waals surface area contributed by atoms with E-state index in [1.165, 1.54) is 5.56 Å². The summed E-state index contributed by atoms with van der Waals surface area (Å²) in [5.41, 5.74) is 4.76. The molecule has 0 saturated carbocycles. The number of fused-ring (bicyclic) bond motifs is 3. The first-order chi connectivity index (χ1) is 16.2. The fourth-order valence-electron chi connectivity index (χ4n) is 4.44. The summed E-state index contributed by atoms with van der Waals surface area (Å²) < 4.78 is 18.6. The van der Waals surface area contributed by atoms with Crippen LogP contribution in [-0.4, -0.2) is 36.7 Å². The number of rotatable bonds is 6. The minimum Gasteiger partial charge on any atom is -0.493 e. The second kappa shape index (κ2) is 8.47. The number of imidazole rings is 1. The third-order valence-electron chi connectivity index (χ3n) is 6.02. The first-order valence-corrected chi connectivity index (χ1v) is 10.7. The third kappa shape index (κ3) is 3.44. The topological polar surface area (TPSA) is 62.6 Å². The molecule has 1 aromatic heterocycles. The normalized spacial score (nSPS) is 12.0. The maximum absolute atomic E-state index is 13.8. The highest BCUT2D eigenvalue weighted by Gasteiger charge is 2.29. The second-order valence-corrected chi connectivity index (χ2v) is 7.80. The largest absolute Gasteiger partial charge is 0.493 e. The van der Waals surface area contributed by atoms with Crippen LogP contribution in [0.4, 0.5) is 0 Å². The van der Waals surface area contributed by atoms with Gasteiger partial charge in [0, 0.05) is 23.2 Å². The van der Waals surface area contributed by atoms with Gasteiger partial charge in [0.05, 0.1) is 21.3 Å². The Morgan fingerprint density at radius 3 is 2.21 bits per heavy atom. The van der Waals surface area contributed by atoms with Gasteiger partial charge in [0.2, 0.25) is 11.5 Å². The number of aromatic nitrogens is 2. The summed E-state index contributed by atoms with van der Waals surface area (Å²) >= 11 is 0. The Balaban J connectivity index is 1.78. The predicted molar refractivity (Wildman–Crippen MR) is 126 cm³/mol. The standard InChI is InChI=1S/C27H24N2O4/c1-31-21-15-19(16-22(32-2)26(21)33-3)23-24(25(30)18-10-5-4-6-11-18)29-14-13-17-9-7-8-12-20(17)27(29)28-23/h4-12,15-16H,13-14H2,1-3H3. The van der Waals surface area contributed by atoms with E-state index in [4.69, 9.17) is 19.2 Å². The van der Waals surface area contributed by atoms with Gasteiger partial charge in [0.15, 0.2) is 11.5 Å². The number of hydrogen-bond acceptors (Lipinski definition) is 5. The minimum absolute atomic E-state index is 0.0718. The number of carbonyl (C=O) groups excluding carboxylic acids is 1. The van der Waals surface area contributed by atoms with Crippen LogP contribution in [0.15, 0.2) is 66.7 Å². The Morgan fingerprint density at radius 2 is 1.55 bits per heavy atom. The van der Waals surface area contributed by atoms with E-state index in [2.05, 4.69) is 12.1 Å². The highest BCUT2D eigenvalue weighted by atomic mass is 16.5. The molecule has 0 radical (unpaired) electrons. The molecule has 0 fully saturated rings. The highest BCUT2D eigenvalue weighted by Crippen LogP contribution is 2.43. The average molecular weight is 440 g/mol. The van der Waals surface area contributed by atoms with Crippen molar-refractivity contribution in [3.8, 4) is 39.9 Å². The number of benzene rings is 3. The molecule has 2 heterocycles. The summed E-state index contributed by atoms with van der Waals surface area (Å²) in [4.78, 5) is 18.8. The lowest BCUT2D eigenvalue weighted by atomic mass is 9.99. The zero-order valence-corrected chi connectivity index (χ0v) is 18.8. The molecule has 6 heteroatoms. The number of ether oxygens (including phenoxy) is 3. The summed E-state index contributed by atoms with van der Waals surface area (Å²) in [5.74, 6) is 2.24. The van der Waals surface area contributed by atoms with Gasteiger partial charge in [-0.25, -0.2) is 4.98 Å². The summed E-state index contributed by atoms with van der Waals surface area (Å²) in [6, 6.07) is 21.2. The number of ketones is 1. The Hall–Kier alpha value is -4.06. The lowest BCUT2D eigenvalue weighted by Gasteiger charge is -2.19. The van der Waals surface area contributed by atoms with E-state index < -0.39 is 0 Å². The van der Waals surface area contributed by atoms with Gasteiger partial charge in [-0.3, -0.25) is 4.79 Å². The fourth-order valence-corrected chi connectivity index (χ4v) is 4.44. The van der Waals surface area contributed by atoms with Crippen LogP contribution in [0.3, 0.4) is 0 Å². The zero-order valence-electron chi connectivity index (χ0n) is 18.8. The molecule has 0 bridgehead atoms. The van der Waals surface area contributed by atoms with Crippen LogP contribution in [0.25, 0.3) is 22.6 Å². The van der Waals surface area contributed by atoms with Gasteiger partial charge >= 0.3 is 0 Å². The molecule has 1 aliphatic rings. The van der Waals surface area contributed by atoms with Crippen molar-refractivity contribution in [2.24, 2.45) is 0 Å². The lowest BCUT2D eigenvalue weighted by molar-refractivity contribution is 0.103. The number of hydrogen-bond donors (Lipinski definition) is 0. The molecular formula is C27H24N2O4. The maximum Gasteiger partial charge on any atom is 0.211 e. The summed E-state index contributed by atoms with van der Waals surface area (Å²) in [6.07, 6.45) is 0.837. The average Bonchev–Trinajstić information content (AvgIpc) is 3.28. The van der Waals surface area contributed by atoms with Crippen molar-refractivity contribution in [3.63, 3.8) is 0 Å². The van der Waals surface area contributed by atoms with E-state index in [0.717, 1.165) is 23.4 Å². The molecule has 0 atom stereocenters. The molecule has 0 unspecified atom stereocenters. The van der Waals surface area contributed by atoms with Gasteiger partial charge in [0.25, 0.3) is 0 Å². The van der Waals surface area contributed by atoms with E-state index in [1.54, 1.807) is 21.3 Å². The van der Waals surface area contributed by atoms with Gasteiger partial charge in [0.1, 0.15) is 17.2 Å². The molecule has 1 aliphatic heterocycles. The Labute approximate surface area is 192 Å². The van der Waals surface area contributed by atoms with Crippen LogP contribution in [-0.2, 0) is 13.0 Å². The molecule has 6 nitrogen and oxygen atoms in total. The van der Waals surface area contributed by atoms with E-state index in [0.29, 0.717) is 40.7 Å². The fraction of sp³-hybridized carbons (Fsp3) is 0.185. The maximum atomic E-state index is 13.8. The SMILES string of the molecule is COc1cc(-c2nc3n(c2C(=O)c2ccccc2)CCc2ccccc2-3)cc(OC)c1OC. The molecule has 5 rings (SSSR count). The zero-order chi connectivity index (χ0) is 22.9. The van der Waals surface area contributed by atoms with Crippen molar-refractivity contribution in [1.29, 1.82) is 0 Å².